The Morgan fingerprint density at radius 3 is 2.63 bits per heavy atom. The topological polar surface area (TPSA) is 90.7 Å². The Labute approximate surface area is 173 Å². The van der Waals surface area contributed by atoms with Crippen molar-refractivity contribution < 1.29 is 9.18 Å². The highest BCUT2D eigenvalue weighted by molar-refractivity contribution is 6.06. The average molecular weight is 399 g/mol. The first-order chi connectivity index (χ1) is 14.6. The summed E-state index contributed by atoms with van der Waals surface area (Å²) in [5, 5.41) is 15.0. The predicted molar refractivity (Wildman–Crippen MR) is 112 cm³/mol. The quantitative estimate of drug-likeness (QED) is 0.458. The minimum Gasteiger partial charge on any atom is -0.324 e. The van der Waals surface area contributed by atoms with Gasteiger partial charge in [0.15, 0.2) is 5.82 Å². The predicted octanol–water partition coefficient (Wildman–Crippen LogP) is 4.82. The summed E-state index contributed by atoms with van der Waals surface area (Å²) in [6, 6.07) is 17.9. The number of carbonyl (C=O) groups is 1. The molecule has 1 aromatic heterocycles. The van der Waals surface area contributed by atoms with Crippen molar-refractivity contribution in [3.8, 4) is 17.3 Å². The molecule has 1 aliphatic rings. The van der Waals surface area contributed by atoms with E-state index in [-0.39, 0.29) is 17.2 Å². The highest BCUT2D eigenvalue weighted by Gasteiger charge is 2.21. The molecule has 6 nitrogen and oxygen atoms in total. The standard InChI is InChI=1S/C23H18FN5O/c24-20-14-26-23(29-21(20)16-5-2-1-3-6-16)28-19-8-4-7-18(12-19)27-22(30)17(13-25)11-15-9-10-15/h1-8,11-12,14-15H,9-10H2,(H,27,30)(H,26,28,29). The molecule has 7 heteroatoms. The van der Waals surface area contributed by atoms with Gasteiger partial charge in [-0.25, -0.2) is 14.4 Å². The summed E-state index contributed by atoms with van der Waals surface area (Å²) < 4.78 is 14.2. The summed E-state index contributed by atoms with van der Waals surface area (Å²) in [4.78, 5) is 20.6. The zero-order valence-corrected chi connectivity index (χ0v) is 16.0. The Morgan fingerprint density at radius 1 is 1.13 bits per heavy atom. The molecule has 0 aliphatic heterocycles. The summed E-state index contributed by atoms with van der Waals surface area (Å²) in [5.41, 5.74) is 2.09. The fourth-order valence-corrected chi connectivity index (χ4v) is 2.89. The Bertz CT molecular complexity index is 1150. The largest absolute Gasteiger partial charge is 0.324 e. The number of amides is 1. The van der Waals surface area contributed by atoms with E-state index < -0.39 is 11.7 Å². The van der Waals surface area contributed by atoms with Crippen molar-refractivity contribution >= 4 is 23.2 Å². The van der Waals surface area contributed by atoms with Crippen LogP contribution in [0.1, 0.15) is 12.8 Å². The monoisotopic (exact) mass is 399 g/mol. The number of aromatic nitrogens is 2. The maximum atomic E-state index is 14.2. The molecule has 1 saturated carbocycles. The van der Waals surface area contributed by atoms with Gasteiger partial charge in [0.25, 0.3) is 5.91 Å². The van der Waals surface area contributed by atoms with E-state index in [1.54, 1.807) is 42.5 Å². The summed E-state index contributed by atoms with van der Waals surface area (Å²) >= 11 is 0. The molecule has 30 heavy (non-hydrogen) atoms. The highest BCUT2D eigenvalue weighted by Crippen LogP contribution is 2.31. The van der Waals surface area contributed by atoms with Crippen molar-refractivity contribution in [1.29, 1.82) is 5.26 Å². The number of rotatable bonds is 6. The van der Waals surface area contributed by atoms with Gasteiger partial charge in [-0.2, -0.15) is 5.26 Å². The number of halogens is 1. The van der Waals surface area contributed by atoms with Crippen molar-refractivity contribution in [3.63, 3.8) is 0 Å². The molecule has 2 N–H and O–H groups in total. The van der Waals surface area contributed by atoms with Crippen molar-refractivity contribution in [2.75, 3.05) is 10.6 Å². The third-order valence-electron chi connectivity index (χ3n) is 4.56. The SMILES string of the molecule is N#CC(=CC1CC1)C(=O)Nc1cccc(Nc2ncc(F)c(-c3ccccc3)n2)c1. The first kappa shape index (κ1) is 19.3. The van der Waals surface area contributed by atoms with Gasteiger partial charge in [-0.1, -0.05) is 42.5 Å². The lowest BCUT2D eigenvalue weighted by molar-refractivity contribution is -0.112. The number of nitriles is 1. The second-order valence-corrected chi connectivity index (χ2v) is 6.95. The van der Waals surface area contributed by atoms with E-state index in [4.69, 9.17) is 0 Å². The van der Waals surface area contributed by atoms with Gasteiger partial charge in [-0.15, -0.1) is 0 Å². The number of allylic oxidation sites excluding steroid dienone is 1. The van der Waals surface area contributed by atoms with Crippen LogP contribution in [0.3, 0.4) is 0 Å². The second-order valence-electron chi connectivity index (χ2n) is 6.95. The number of nitrogens with one attached hydrogen (secondary N) is 2. The molecule has 148 valence electrons. The lowest BCUT2D eigenvalue weighted by Crippen LogP contribution is -2.13. The number of anilines is 3. The summed E-state index contributed by atoms with van der Waals surface area (Å²) in [5.74, 6) is -0.400. The highest BCUT2D eigenvalue weighted by atomic mass is 19.1. The van der Waals surface area contributed by atoms with Gasteiger partial charge < -0.3 is 10.6 Å². The molecule has 0 bridgehead atoms. The van der Waals surface area contributed by atoms with E-state index in [2.05, 4.69) is 20.6 Å². The number of benzene rings is 2. The molecule has 3 aromatic rings. The second kappa shape index (κ2) is 8.53. The van der Waals surface area contributed by atoms with Gasteiger partial charge in [0, 0.05) is 16.9 Å². The van der Waals surface area contributed by atoms with Crippen molar-refractivity contribution in [2.24, 2.45) is 5.92 Å². The van der Waals surface area contributed by atoms with Crippen LogP contribution in [0.15, 0.2) is 72.4 Å². The lowest BCUT2D eigenvalue weighted by atomic mass is 10.1. The molecule has 0 unspecified atom stereocenters. The molecule has 1 heterocycles. The van der Waals surface area contributed by atoms with E-state index in [0.29, 0.717) is 22.9 Å². The van der Waals surface area contributed by atoms with E-state index >= 15 is 0 Å². The molecule has 1 fully saturated rings. The molecule has 0 radical (unpaired) electrons. The number of hydrogen-bond donors (Lipinski definition) is 2. The zero-order valence-electron chi connectivity index (χ0n) is 16.0. The van der Waals surface area contributed by atoms with Crippen LogP contribution in [0.2, 0.25) is 0 Å². The number of nitrogens with zero attached hydrogens (tertiary/aromatic N) is 3. The summed E-state index contributed by atoms with van der Waals surface area (Å²) in [7, 11) is 0. The Hall–Kier alpha value is -4.05. The third kappa shape index (κ3) is 4.67. The van der Waals surface area contributed by atoms with E-state index in [9.17, 15) is 14.4 Å². The maximum absolute atomic E-state index is 14.2. The normalized spacial score (nSPS) is 13.4. The van der Waals surface area contributed by atoms with Gasteiger partial charge in [0.1, 0.15) is 17.3 Å². The lowest BCUT2D eigenvalue weighted by Gasteiger charge is -2.10. The molecule has 1 aliphatic carbocycles. The van der Waals surface area contributed by atoms with Gasteiger partial charge in [-0.3, -0.25) is 4.79 Å². The fourth-order valence-electron chi connectivity index (χ4n) is 2.89. The number of hydrogen-bond acceptors (Lipinski definition) is 5. The smallest absolute Gasteiger partial charge is 0.265 e. The van der Waals surface area contributed by atoms with Crippen molar-refractivity contribution in [2.45, 2.75) is 12.8 Å². The molecule has 0 atom stereocenters. The molecule has 2 aromatic carbocycles. The van der Waals surface area contributed by atoms with Crippen LogP contribution in [0.4, 0.5) is 21.7 Å². The molecule has 0 spiro atoms. The van der Waals surface area contributed by atoms with Crippen LogP contribution in [0.25, 0.3) is 11.3 Å². The van der Waals surface area contributed by atoms with Crippen molar-refractivity contribution in [3.05, 3.63) is 78.3 Å². The van der Waals surface area contributed by atoms with Crippen LogP contribution in [0.5, 0.6) is 0 Å². The van der Waals surface area contributed by atoms with Crippen molar-refractivity contribution in [1.82, 2.24) is 9.97 Å². The summed E-state index contributed by atoms with van der Waals surface area (Å²) in [6.45, 7) is 0. The van der Waals surface area contributed by atoms with Crippen LogP contribution in [-0.2, 0) is 4.79 Å². The molecular formula is C23H18FN5O. The van der Waals surface area contributed by atoms with E-state index in [0.717, 1.165) is 19.0 Å². The molecule has 0 saturated heterocycles. The molecular weight excluding hydrogens is 381 g/mol. The van der Waals surface area contributed by atoms with Gasteiger partial charge in [0.2, 0.25) is 5.95 Å². The molecule has 1 amide bonds. The Morgan fingerprint density at radius 2 is 1.90 bits per heavy atom. The van der Waals surface area contributed by atoms with E-state index in [1.165, 1.54) is 0 Å². The fraction of sp³-hybridized carbons (Fsp3) is 0.130. The summed E-state index contributed by atoms with van der Waals surface area (Å²) in [6.07, 6.45) is 4.86. The first-order valence-electron chi connectivity index (χ1n) is 9.50. The number of carbonyl (C=O) groups excluding carboxylic acids is 1. The zero-order chi connectivity index (χ0) is 20.9. The first-order valence-corrected chi connectivity index (χ1v) is 9.50. The third-order valence-corrected chi connectivity index (χ3v) is 4.56. The van der Waals surface area contributed by atoms with Gasteiger partial charge >= 0.3 is 0 Å². The minimum atomic E-state index is -0.515. The van der Waals surface area contributed by atoms with Crippen LogP contribution < -0.4 is 10.6 Å². The van der Waals surface area contributed by atoms with Crippen LogP contribution in [-0.4, -0.2) is 15.9 Å². The van der Waals surface area contributed by atoms with Gasteiger partial charge in [-0.05, 0) is 37.0 Å². The Kier molecular flexibility index (Phi) is 5.48. The minimum absolute atomic E-state index is 0.116. The molecule has 4 rings (SSSR count). The maximum Gasteiger partial charge on any atom is 0.265 e. The average Bonchev–Trinajstić information content (AvgIpc) is 3.58. The van der Waals surface area contributed by atoms with E-state index in [1.807, 2.05) is 24.3 Å². The van der Waals surface area contributed by atoms with Gasteiger partial charge in [0.05, 0.1) is 6.20 Å². The van der Waals surface area contributed by atoms with Crippen LogP contribution in [0, 0.1) is 23.1 Å². The van der Waals surface area contributed by atoms with Crippen LogP contribution >= 0.6 is 0 Å². The Balaban J connectivity index is 1.51.